The van der Waals surface area contributed by atoms with Crippen LogP contribution in [-0.4, -0.2) is 0 Å². The van der Waals surface area contributed by atoms with E-state index in [-0.39, 0.29) is 0 Å². The lowest BCUT2D eigenvalue weighted by Crippen LogP contribution is -2.04. The molecule has 0 spiro atoms. The molecule has 0 aliphatic carbocycles. The molecule has 0 N–H and O–H groups in total. The molecule has 132 valence electrons. The second-order valence-corrected chi connectivity index (χ2v) is 6.96. The third kappa shape index (κ3) is 5.27. The van der Waals surface area contributed by atoms with Gasteiger partial charge in [0.05, 0.1) is 0 Å². The number of rotatable bonds is 7. The fourth-order valence-corrected chi connectivity index (χ4v) is 3.54. The topological polar surface area (TPSA) is 44.8 Å². The molecule has 3 aromatic rings. The van der Waals surface area contributed by atoms with E-state index in [0.29, 0.717) is 17.3 Å². The molecule has 0 fully saturated rings. The summed E-state index contributed by atoms with van der Waals surface area (Å²) in [5, 5.41) is 0. The van der Waals surface area contributed by atoms with Crippen molar-refractivity contribution < 1.29 is 18.1 Å². The smallest absolute Gasteiger partial charge is 0.391 e. The minimum atomic E-state index is -3.92. The highest BCUT2D eigenvalue weighted by Crippen LogP contribution is 2.51. The van der Waals surface area contributed by atoms with Gasteiger partial charge in [0.25, 0.3) is 0 Å². The molecule has 0 saturated heterocycles. The van der Waals surface area contributed by atoms with Crippen LogP contribution in [0.2, 0.25) is 0 Å². The Balaban J connectivity index is 1.84. The summed E-state index contributed by atoms with van der Waals surface area (Å²) >= 11 is 0. The van der Waals surface area contributed by atoms with Crippen LogP contribution < -0.4 is 9.05 Å². The van der Waals surface area contributed by atoms with Crippen molar-refractivity contribution in [3.8, 4) is 11.5 Å². The number of hydrogen-bond acceptors (Lipinski definition) is 4. The monoisotopic (exact) mass is 366 g/mol. The van der Waals surface area contributed by atoms with Crippen molar-refractivity contribution >= 4 is 13.9 Å². The first kappa shape index (κ1) is 17.8. The van der Waals surface area contributed by atoms with E-state index in [1.54, 1.807) is 61.5 Å². The Morgan fingerprint density at radius 1 is 0.731 bits per heavy atom. The second kappa shape index (κ2) is 8.41. The highest BCUT2D eigenvalue weighted by atomic mass is 31.2. The van der Waals surface area contributed by atoms with Crippen molar-refractivity contribution in [1.82, 2.24) is 0 Å². The van der Waals surface area contributed by atoms with Crippen molar-refractivity contribution in [2.45, 2.75) is 6.92 Å². The second-order valence-electron chi connectivity index (χ2n) is 5.51. The van der Waals surface area contributed by atoms with Crippen LogP contribution in [0.15, 0.2) is 96.8 Å². The Labute approximate surface area is 153 Å². The van der Waals surface area contributed by atoms with Crippen molar-refractivity contribution in [3.05, 3.63) is 102 Å². The molecule has 5 heteroatoms. The number of benzene rings is 3. The Bertz CT molecular complexity index is 848. The van der Waals surface area contributed by atoms with Gasteiger partial charge in [0.1, 0.15) is 17.3 Å². The van der Waals surface area contributed by atoms with Crippen LogP contribution in [0.5, 0.6) is 11.5 Å². The Kier molecular flexibility index (Phi) is 5.77. The standard InChI is InChI=1S/C21H19O4P/c1-18(17-19-11-5-2-6-12-19)23-26(22,24-20-13-7-3-8-14-20)25-21-15-9-4-10-16-21/h2-17H,1H3. The zero-order valence-corrected chi connectivity index (χ0v) is 15.2. The number of hydrogen-bond donors (Lipinski definition) is 0. The third-order valence-corrected chi connectivity index (χ3v) is 4.73. The Morgan fingerprint density at radius 2 is 1.15 bits per heavy atom. The summed E-state index contributed by atoms with van der Waals surface area (Å²) in [5.41, 5.74) is 0.927. The van der Waals surface area contributed by atoms with E-state index >= 15 is 0 Å². The maximum atomic E-state index is 13.2. The molecule has 0 heterocycles. The zero-order valence-electron chi connectivity index (χ0n) is 14.3. The highest BCUT2D eigenvalue weighted by molar-refractivity contribution is 7.49. The minimum Gasteiger partial charge on any atom is -0.391 e. The van der Waals surface area contributed by atoms with Crippen LogP contribution in [0, 0.1) is 0 Å². The molecule has 0 saturated carbocycles. The predicted octanol–water partition coefficient (Wildman–Crippen LogP) is 6.33. The summed E-state index contributed by atoms with van der Waals surface area (Å²) < 4.78 is 30.0. The molecule has 0 aliphatic heterocycles. The zero-order chi connectivity index (χ0) is 18.2. The number of allylic oxidation sites excluding steroid dienone is 1. The van der Waals surface area contributed by atoms with E-state index in [2.05, 4.69) is 0 Å². The van der Waals surface area contributed by atoms with Crippen LogP contribution in [-0.2, 0) is 9.09 Å². The highest BCUT2D eigenvalue weighted by Gasteiger charge is 2.33. The number of para-hydroxylation sites is 2. The van der Waals surface area contributed by atoms with Crippen molar-refractivity contribution in [2.75, 3.05) is 0 Å². The van der Waals surface area contributed by atoms with Gasteiger partial charge in [-0.25, -0.2) is 0 Å². The largest absolute Gasteiger partial charge is 0.646 e. The summed E-state index contributed by atoms with van der Waals surface area (Å²) in [4.78, 5) is 0. The first-order chi connectivity index (χ1) is 12.6. The van der Waals surface area contributed by atoms with Crippen LogP contribution in [0.1, 0.15) is 12.5 Å². The summed E-state index contributed by atoms with van der Waals surface area (Å²) in [7, 11) is -3.92. The first-order valence-corrected chi connectivity index (χ1v) is 9.61. The van der Waals surface area contributed by atoms with E-state index in [4.69, 9.17) is 13.6 Å². The van der Waals surface area contributed by atoms with Crippen LogP contribution in [0.4, 0.5) is 0 Å². The quantitative estimate of drug-likeness (QED) is 0.362. The normalized spacial score (nSPS) is 11.7. The summed E-state index contributed by atoms with van der Waals surface area (Å²) in [5.74, 6) is 1.23. The average molecular weight is 366 g/mol. The number of phosphoric ester groups is 1. The van der Waals surface area contributed by atoms with Gasteiger partial charge >= 0.3 is 7.82 Å². The Morgan fingerprint density at radius 3 is 1.62 bits per heavy atom. The molecule has 0 radical (unpaired) electrons. The Hall–Kier alpha value is -2.97. The molecule has 0 unspecified atom stereocenters. The van der Waals surface area contributed by atoms with Gasteiger partial charge < -0.3 is 13.6 Å². The molecular formula is C21H19O4P. The average Bonchev–Trinajstić information content (AvgIpc) is 2.63. The van der Waals surface area contributed by atoms with Crippen LogP contribution in [0.3, 0.4) is 0 Å². The number of phosphoric acid groups is 1. The lowest BCUT2D eigenvalue weighted by molar-refractivity contribution is 0.259. The van der Waals surface area contributed by atoms with E-state index in [0.717, 1.165) is 5.56 Å². The molecule has 3 aromatic carbocycles. The van der Waals surface area contributed by atoms with Gasteiger partial charge in [-0.15, -0.1) is 0 Å². The van der Waals surface area contributed by atoms with E-state index in [1.807, 2.05) is 42.5 Å². The summed E-state index contributed by atoms with van der Waals surface area (Å²) in [6, 6.07) is 27.2. The minimum absolute atomic E-state index is 0.402. The molecular weight excluding hydrogens is 347 g/mol. The van der Waals surface area contributed by atoms with Crippen LogP contribution >= 0.6 is 7.82 Å². The SMILES string of the molecule is CC(=Cc1ccccc1)OP(=O)(Oc1ccccc1)Oc1ccccc1. The van der Waals surface area contributed by atoms with Gasteiger partial charge in [0.2, 0.25) is 0 Å². The van der Waals surface area contributed by atoms with Gasteiger partial charge in [0.15, 0.2) is 0 Å². The maximum absolute atomic E-state index is 13.2. The molecule has 0 aliphatic rings. The molecule has 0 atom stereocenters. The molecule has 0 bridgehead atoms. The first-order valence-electron chi connectivity index (χ1n) is 8.15. The fourth-order valence-electron chi connectivity index (χ4n) is 2.26. The van der Waals surface area contributed by atoms with Crippen LogP contribution in [0.25, 0.3) is 6.08 Å². The molecule has 0 amide bonds. The molecule has 26 heavy (non-hydrogen) atoms. The lowest BCUT2D eigenvalue weighted by atomic mass is 10.2. The van der Waals surface area contributed by atoms with Crippen molar-refractivity contribution in [3.63, 3.8) is 0 Å². The van der Waals surface area contributed by atoms with E-state index in [1.165, 1.54) is 0 Å². The predicted molar refractivity (Wildman–Crippen MR) is 103 cm³/mol. The van der Waals surface area contributed by atoms with E-state index < -0.39 is 7.82 Å². The molecule has 0 aromatic heterocycles. The molecule has 4 nitrogen and oxygen atoms in total. The van der Waals surface area contributed by atoms with E-state index in [9.17, 15) is 4.57 Å². The lowest BCUT2D eigenvalue weighted by Gasteiger charge is -2.19. The fraction of sp³-hybridized carbons (Fsp3) is 0.0476. The van der Waals surface area contributed by atoms with Gasteiger partial charge in [0, 0.05) is 0 Å². The third-order valence-electron chi connectivity index (χ3n) is 3.35. The maximum Gasteiger partial charge on any atom is 0.646 e. The van der Waals surface area contributed by atoms with Gasteiger partial charge in [-0.05, 0) is 42.8 Å². The summed E-state index contributed by atoms with van der Waals surface area (Å²) in [6.45, 7) is 1.71. The summed E-state index contributed by atoms with van der Waals surface area (Å²) in [6.07, 6.45) is 1.77. The van der Waals surface area contributed by atoms with Crippen molar-refractivity contribution in [1.29, 1.82) is 0 Å². The van der Waals surface area contributed by atoms with Gasteiger partial charge in [-0.1, -0.05) is 66.7 Å². The van der Waals surface area contributed by atoms with Gasteiger partial charge in [-0.2, -0.15) is 4.57 Å². The van der Waals surface area contributed by atoms with Gasteiger partial charge in [-0.3, -0.25) is 0 Å². The molecule has 3 rings (SSSR count). The van der Waals surface area contributed by atoms with Crippen molar-refractivity contribution in [2.24, 2.45) is 0 Å².